The van der Waals surface area contributed by atoms with E-state index in [9.17, 15) is 9.90 Å². The third kappa shape index (κ3) is 3.80. The highest BCUT2D eigenvalue weighted by Crippen LogP contribution is 2.20. The molecule has 0 aromatic rings. The van der Waals surface area contributed by atoms with Gasteiger partial charge in [0.1, 0.15) is 0 Å². The van der Waals surface area contributed by atoms with Crippen LogP contribution in [0.1, 0.15) is 39.5 Å². The van der Waals surface area contributed by atoms with Crippen LogP contribution in [0.5, 0.6) is 0 Å². The van der Waals surface area contributed by atoms with Gasteiger partial charge in [0.05, 0.1) is 5.60 Å². The van der Waals surface area contributed by atoms with E-state index in [1.54, 1.807) is 11.8 Å². The molecule has 4 nitrogen and oxygen atoms in total. The molecule has 2 unspecified atom stereocenters. The van der Waals surface area contributed by atoms with Gasteiger partial charge >= 0.3 is 0 Å². The molecule has 1 rings (SSSR count). The van der Waals surface area contributed by atoms with Gasteiger partial charge < -0.3 is 15.7 Å². The molecule has 1 heterocycles. The van der Waals surface area contributed by atoms with Crippen LogP contribution in [0, 0.1) is 0 Å². The molecule has 0 aliphatic carbocycles. The van der Waals surface area contributed by atoms with E-state index in [-0.39, 0.29) is 11.9 Å². The van der Waals surface area contributed by atoms with Crippen LogP contribution in [0.4, 0.5) is 0 Å². The van der Waals surface area contributed by atoms with Crippen molar-refractivity contribution in [2.75, 3.05) is 13.1 Å². The number of hydrogen-bond acceptors (Lipinski definition) is 3. The Morgan fingerprint density at radius 2 is 2.33 bits per heavy atom. The van der Waals surface area contributed by atoms with Crippen LogP contribution < -0.4 is 5.73 Å². The van der Waals surface area contributed by atoms with E-state index in [2.05, 4.69) is 0 Å². The summed E-state index contributed by atoms with van der Waals surface area (Å²) >= 11 is 0. The molecule has 15 heavy (non-hydrogen) atoms. The second kappa shape index (κ2) is 4.94. The number of carbonyl (C=O) groups excluding carboxylic acids is 1. The zero-order valence-corrected chi connectivity index (χ0v) is 9.70. The summed E-state index contributed by atoms with van der Waals surface area (Å²) in [7, 11) is 0. The lowest BCUT2D eigenvalue weighted by atomic mass is 9.94. The molecule has 88 valence electrons. The van der Waals surface area contributed by atoms with E-state index >= 15 is 0 Å². The van der Waals surface area contributed by atoms with Crippen molar-refractivity contribution in [3.05, 3.63) is 0 Å². The van der Waals surface area contributed by atoms with E-state index in [1.165, 1.54) is 0 Å². The molecule has 1 amide bonds. The number of aliphatic hydroxyl groups is 1. The van der Waals surface area contributed by atoms with E-state index < -0.39 is 5.60 Å². The van der Waals surface area contributed by atoms with Crippen LogP contribution in [0.2, 0.25) is 0 Å². The van der Waals surface area contributed by atoms with Gasteiger partial charge in [0, 0.05) is 25.6 Å². The van der Waals surface area contributed by atoms with Crippen molar-refractivity contribution in [1.29, 1.82) is 0 Å². The maximum atomic E-state index is 11.8. The maximum absolute atomic E-state index is 11.8. The van der Waals surface area contributed by atoms with Crippen LogP contribution in [0.25, 0.3) is 0 Å². The Morgan fingerprint density at radius 3 is 2.87 bits per heavy atom. The fraction of sp³-hybridized carbons (Fsp3) is 0.909. The first-order valence-electron chi connectivity index (χ1n) is 5.70. The summed E-state index contributed by atoms with van der Waals surface area (Å²) in [4.78, 5) is 13.5. The first-order chi connectivity index (χ1) is 6.94. The van der Waals surface area contributed by atoms with Gasteiger partial charge in [-0.3, -0.25) is 4.79 Å². The summed E-state index contributed by atoms with van der Waals surface area (Å²) in [6.07, 6.45) is 2.86. The number of amides is 1. The SMILES string of the molecule is CCC(N)CC(=O)N1CCCC(C)(O)C1. The largest absolute Gasteiger partial charge is 0.388 e. The summed E-state index contributed by atoms with van der Waals surface area (Å²) in [5, 5.41) is 9.86. The lowest BCUT2D eigenvalue weighted by Crippen LogP contribution is -2.49. The predicted molar refractivity (Wildman–Crippen MR) is 59.3 cm³/mol. The molecule has 0 radical (unpaired) electrons. The van der Waals surface area contributed by atoms with Crippen molar-refractivity contribution in [3.63, 3.8) is 0 Å². The molecule has 1 saturated heterocycles. The van der Waals surface area contributed by atoms with E-state index in [0.29, 0.717) is 13.0 Å². The molecule has 1 fully saturated rings. The van der Waals surface area contributed by atoms with E-state index in [0.717, 1.165) is 25.8 Å². The molecule has 2 atom stereocenters. The van der Waals surface area contributed by atoms with Gasteiger partial charge in [0.25, 0.3) is 0 Å². The summed E-state index contributed by atoms with van der Waals surface area (Å²) in [6, 6.07) is -0.0515. The first-order valence-corrected chi connectivity index (χ1v) is 5.70. The van der Waals surface area contributed by atoms with Gasteiger partial charge in [-0.05, 0) is 26.2 Å². The van der Waals surface area contributed by atoms with Gasteiger partial charge in [-0.2, -0.15) is 0 Å². The topological polar surface area (TPSA) is 66.6 Å². The quantitative estimate of drug-likeness (QED) is 0.718. The van der Waals surface area contributed by atoms with Crippen molar-refractivity contribution < 1.29 is 9.90 Å². The lowest BCUT2D eigenvalue weighted by molar-refractivity contribution is -0.137. The lowest BCUT2D eigenvalue weighted by Gasteiger charge is -2.37. The van der Waals surface area contributed by atoms with Gasteiger partial charge in [-0.1, -0.05) is 6.92 Å². The van der Waals surface area contributed by atoms with Crippen LogP contribution in [-0.4, -0.2) is 40.6 Å². The fourth-order valence-corrected chi connectivity index (χ4v) is 1.93. The minimum absolute atomic E-state index is 0.0515. The monoisotopic (exact) mass is 214 g/mol. The van der Waals surface area contributed by atoms with Gasteiger partial charge in [-0.15, -0.1) is 0 Å². The minimum atomic E-state index is -0.718. The van der Waals surface area contributed by atoms with Crippen molar-refractivity contribution in [2.24, 2.45) is 5.73 Å². The summed E-state index contributed by atoms with van der Waals surface area (Å²) in [5.41, 5.74) is 5.02. The predicted octanol–water partition coefficient (Wildman–Crippen LogP) is 0.487. The molecular formula is C11H22N2O2. The number of hydrogen-bond donors (Lipinski definition) is 2. The number of likely N-dealkylation sites (tertiary alicyclic amines) is 1. The van der Waals surface area contributed by atoms with Crippen molar-refractivity contribution >= 4 is 5.91 Å². The Morgan fingerprint density at radius 1 is 1.67 bits per heavy atom. The Kier molecular flexibility index (Phi) is 4.11. The summed E-state index contributed by atoms with van der Waals surface area (Å²) in [6.45, 7) is 4.96. The molecule has 0 bridgehead atoms. The normalized spacial score (nSPS) is 28.9. The van der Waals surface area contributed by atoms with Gasteiger partial charge in [0.2, 0.25) is 5.91 Å². The highest BCUT2D eigenvalue weighted by Gasteiger charge is 2.30. The average molecular weight is 214 g/mol. The third-order valence-corrected chi connectivity index (χ3v) is 2.99. The zero-order valence-electron chi connectivity index (χ0n) is 9.70. The third-order valence-electron chi connectivity index (χ3n) is 2.99. The molecular weight excluding hydrogens is 192 g/mol. The van der Waals surface area contributed by atoms with Crippen LogP contribution >= 0.6 is 0 Å². The van der Waals surface area contributed by atoms with Crippen molar-refractivity contribution in [3.8, 4) is 0 Å². The number of nitrogens with zero attached hydrogens (tertiary/aromatic N) is 1. The Bertz CT molecular complexity index is 229. The second-order valence-corrected chi connectivity index (χ2v) is 4.79. The molecule has 0 saturated carbocycles. The second-order valence-electron chi connectivity index (χ2n) is 4.79. The minimum Gasteiger partial charge on any atom is -0.388 e. The van der Waals surface area contributed by atoms with Crippen molar-refractivity contribution in [2.45, 2.75) is 51.2 Å². The number of rotatable bonds is 3. The highest BCUT2D eigenvalue weighted by atomic mass is 16.3. The molecule has 1 aliphatic heterocycles. The highest BCUT2D eigenvalue weighted by molar-refractivity contribution is 5.77. The molecule has 3 N–H and O–H groups in total. The van der Waals surface area contributed by atoms with E-state index in [1.807, 2.05) is 6.92 Å². The molecule has 4 heteroatoms. The first kappa shape index (κ1) is 12.5. The molecule has 1 aliphatic rings. The van der Waals surface area contributed by atoms with Crippen LogP contribution in [0.15, 0.2) is 0 Å². The fourth-order valence-electron chi connectivity index (χ4n) is 1.93. The van der Waals surface area contributed by atoms with Crippen molar-refractivity contribution in [1.82, 2.24) is 4.90 Å². The number of β-amino-alcohol motifs (C(OH)–C–C–N with tert-alkyl or cyclic N) is 1. The summed E-state index contributed by atoms with van der Waals surface area (Å²) in [5.74, 6) is 0.0734. The van der Waals surface area contributed by atoms with Gasteiger partial charge in [0.15, 0.2) is 0 Å². The smallest absolute Gasteiger partial charge is 0.224 e. The standard InChI is InChI=1S/C11H22N2O2/c1-3-9(12)7-10(14)13-6-4-5-11(2,15)8-13/h9,15H,3-8,12H2,1-2H3. The van der Waals surface area contributed by atoms with E-state index in [4.69, 9.17) is 5.73 Å². The van der Waals surface area contributed by atoms with Crippen LogP contribution in [-0.2, 0) is 4.79 Å². The maximum Gasteiger partial charge on any atom is 0.224 e. The number of piperidine rings is 1. The number of nitrogens with two attached hydrogens (primary N) is 1. The van der Waals surface area contributed by atoms with Crippen LogP contribution in [0.3, 0.4) is 0 Å². The molecule has 0 aromatic heterocycles. The van der Waals surface area contributed by atoms with Gasteiger partial charge in [-0.25, -0.2) is 0 Å². The summed E-state index contributed by atoms with van der Waals surface area (Å²) < 4.78 is 0. The molecule has 0 spiro atoms. The Labute approximate surface area is 91.4 Å². The average Bonchev–Trinajstić information content (AvgIpc) is 2.16. The Hall–Kier alpha value is -0.610. The Balaban J connectivity index is 2.46. The number of carbonyl (C=O) groups is 1. The zero-order chi connectivity index (χ0) is 11.5. The molecule has 0 aromatic carbocycles.